The van der Waals surface area contributed by atoms with E-state index in [4.69, 9.17) is 0 Å². The standard InChI is InChI=1S/C16H26N2O2/c1-3-18-13(11-7-5-4-6-8-11)14(19)17-16(2,15(18)20)12-9-10-12/h11-13H,3-10H2,1-2H3,(H,17,19). The smallest absolute Gasteiger partial charge is 0.249 e. The number of amides is 2. The number of carbonyl (C=O) groups is 2. The van der Waals surface area contributed by atoms with E-state index in [-0.39, 0.29) is 17.9 Å². The van der Waals surface area contributed by atoms with Crippen LogP contribution in [-0.2, 0) is 9.59 Å². The van der Waals surface area contributed by atoms with E-state index >= 15 is 0 Å². The Bertz CT molecular complexity index is 413. The van der Waals surface area contributed by atoms with E-state index < -0.39 is 5.54 Å². The molecule has 112 valence electrons. The molecular weight excluding hydrogens is 252 g/mol. The van der Waals surface area contributed by atoms with Crippen molar-refractivity contribution in [3.63, 3.8) is 0 Å². The average Bonchev–Trinajstić information content (AvgIpc) is 3.28. The number of nitrogens with one attached hydrogen (secondary N) is 1. The first-order chi connectivity index (χ1) is 9.58. The lowest BCUT2D eigenvalue weighted by Crippen LogP contribution is -2.71. The van der Waals surface area contributed by atoms with Gasteiger partial charge in [-0.15, -0.1) is 0 Å². The van der Waals surface area contributed by atoms with Crippen LogP contribution in [0.15, 0.2) is 0 Å². The summed E-state index contributed by atoms with van der Waals surface area (Å²) in [6.07, 6.45) is 7.96. The van der Waals surface area contributed by atoms with Crippen LogP contribution in [0.25, 0.3) is 0 Å². The predicted octanol–water partition coefficient (Wildman–Crippen LogP) is 2.08. The van der Waals surface area contributed by atoms with E-state index in [0.717, 1.165) is 25.7 Å². The van der Waals surface area contributed by atoms with Crippen LogP contribution in [-0.4, -0.2) is 34.8 Å². The molecule has 2 unspecified atom stereocenters. The quantitative estimate of drug-likeness (QED) is 0.859. The maximum Gasteiger partial charge on any atom is 0.249 e. The molecule has 4 heteroatoms. The fourth-order valence-electron chi connectivity index (χ4n) is 4.15. The van der Waals surface area contributed by atoms with Crippen molar-refractivity contribution in [2.24, 2.45) is 11.8 Å². The molecule has 0 aromatic heterocycles. The van der Waals surface area contributed by atoms with Crippen LogP contribution >= 0.6 is 0 Å². The second kappa shape index (κ2) is 5.05. The molecule has 3 fully saturated rings. The van der Waals surface area contributed by atoms with Crippen molar-refractivity contribution in [1.29, 1.82) is 0 Å². The summed E-state index contributed by atoms with van der Waals surface area (Å²) >= 11 is 0. The van der Waals surface area contributed by atoms with Crippen molar-refractivity contribution in [2.45, 2.75) is 70.4 Å². The fourth-order valence-corrected chi connectivity index (χ4v) is 4.15. The molecule has 2 atom stereocenters. The minimum atomic E-state index is -0.641. The largest absolute Gasteiger partial charge is 0.340 e. The molecule has 1 heterocycles. The van der Waals surface area contributed by atoms with Gasteiger partial charge in [0.15, 0.2) is 0 Å². The Balaban J connectivity index is 1.84. The number of piperazine rings is 1. The number of nitrogens with zero attached hydrogens (tertiary/aromatic N) is 1. The molecule has 3 aliphatic rings. The summed E-state index contributed by atoms with van der Waals surface area (Å²) in [5.74, 6) is 0.946. The van der Waals surface area contributed by atoms with Gasteiger partial charge >= 0.3 is 0 Å². The molecular formula is C16H26N2O2. The maximum absolute atomic E-state index is 12.9. The lowest BCUT2D eigenvalue weighted by Gasteiger charge is -2.47. The van der Waals surface area contributed by atoms with E-state index in [0.29, 0.717) is 18.4 Å². The number of hydrogen-bond acceptors (Lipinski definition) is 2. The highest BCUT2D eigenvalue weighted by atomic mass is 16.2. The number of rotatable bonds is 3. The molecule has 1 saturated heterocycles. The van der Waals surface area contributed by atoms with Crippen LogP contribution in [0.4, 0.5) is 0 Å². The third-order valence-corrected chi connectivity index (χ3v) is 5.52. The van der Waals surface area contributed by atoms with Gasteiger partial charge in [0.2, 0.25) is 11.8 Å². The zero-order valence-electron chi connectivity index (χ0n) is 12.7. The summed E-state index contributed by atoms with van der Waals surface area (Å²) < 4.78 is 0. The van der Waals surface area contributed by atoms with Crippen LogP contribution in [0, 0.1) is 11.8 Å². The topological polar surface area (TPSA) is 49.4 Å². The lowest BCUT2D eigenvalue weighted by molar-refractivity contribution is -0.158. The van der Waals surface area contributed by atoms with Gasteiger partial charge in [0.1, 0.15) is 11.6 Å². The Morgan fingerprint density at radius 3 is 2.35 bits per heavy atom. The van der Waals surface area contributed by atoms with E-state index in [1.54, 1.807) is 0 Å². The average molecular weight is 278 g/mol. The van der Waals surface area contributed by atoms with Crippen molar-refractivity contribution in [1.82, 2.24) is 10.2 Å². The van der Waals surface area contributed by atoms with Crippen molar-refractivity contribution >= 4 is 11.8 Å². The van der Waals surface area contributed by atoms with Crippen LogP contribution in [0.2, 0.25) is 0 Å². The summed E-state index contributed by atoms with van der Waals surface area (Å²) in [4.78, 5) is 27.4. The summed E-state index contributed by atoms with van der Waals surface area (Å²) in [6, 6.07) is -0.223. The lowest BCUT2D eigenvalue weighted by atomic mass is 9.79. The van der Waals surface area contributed by atoms with Crippen LogP contribution < -0.4 is 5.32 Å². The first-order valence-electron chi connectivity index (χ1n) is 8.21. The van der Waals surface area contributed by atoms with E-state index in [9.17, 15) is 9.59 Å². The Hall–Kier alpha value is -1.06. The van der Waals surface area contributed by atoms with Gasteiger partial charge in [-0.3, -0.25) is 9.59 Å². The zero-order chi connectivity index (χ0) is 14.3. The van der Waals surface area contributed by atoms with E-state index in [2.05, 4.69) is 5.32 Å². The molecule has 4 nitrogen and oxygen atoms in total. The predicted molar refractivity (Wildman–Crippen MR) is 77.0 cm³/mol. The Morgan fingerprint density at radius 1 is 1.15 bits per heavy atom. The summed E-state index contributed by atoms with van der Waals surface area (Å²) in [6.45, 7) is 4.57. The molecule has 0 bridgehead atoms. The van der Waals surface area contributed by atoms with Crippen LogP contribution in [0.5, 0.6) is 0 Å². The molecule has 1 N–H and O–H groups in total. The first-order valence-corrected chi connectivity index (χ1v) is 8.21. The van der Waals surface area contributed by atoms with Crippen LogP contribution in [0.3, 0.4) is 0 Å². The summed E-state index contributed by atoms with van der Waals surface area (Å²) in [7, 11) is 0. The van der Waals surface area contributed by atoms with Gasteiger partial charge in [0.25, 0.3) is 0 Å². The van der Waals surface area contributed by atoms with Gasteiger partial charge in [-0.25, -0.2) is 0 Å². The molecule has 0 radical (unpaired) electrons. The number of hydrogen-bond donors (Lipinski definition) is 1. The Morgan fingerprint density at radius 2 is 1.80 bits per heavy atom. The highest BCUT2D eigenvalue weighted by Gasteiger charge is 2.56. The molecule has 0 aromatic carbocycles. The van der Waals surface area contributed by atoms with Crippen molar-refractivity contribution in [3.8, 4) is 0 Å². The third kappa shape index (κ3) is 2.13. The monoisotopic (exact) mass is 278 g/mol. The second-order valence-corrected chi connectivity index (χ2v) is 6.90. The molecule has 2 aliphatic carbocycles. The fraction of sp³-hybridized carbons (Fsp3) is 0.875. The normalized spacial score (nSPS) is 36.1. The molecule has 0 aromatic rings. The Labute approximate surface area is 121 Å². The first kappa shape index (κ1) is 13.9. The maximum atomic E-state index is 12.9. The zero-order valence-corrected chi connectivity index (χ0v) is 12.7. The highest BCUT2D eigenvalue weighted by Crippen LogP contribution is 2.43. The molecule has 20 heavy (non-hydrogen) atoms. The van der Waals surface area contributed by atoms with Crippen molar-refractivity contribution in [2.75, 3.05) is 6.54 Å². The van der Waals surface area contributed by atoms with Crippen molar-refractivity contribution in [3.05, 3.63) is 0 Å². The number of carbonyl (C=O) groups excluding carboxylic acids is 2. The molecule has 1 aliphatic heterocycles. The van der Waals surface area contributed by atoms with Gasteiger partial charge in [0, 0.05) is 6.54 Å². The second-order valence-electron chi connectivity index (χ2n) is 6.90. The van der Waals surface area contributed by atoms with E-state index in [1.165, 1.54) is 19.3 Å². The third-order valence-electron chi connectivity index (χ3n) is 5.52. The highest BCUT2D eigenvalue weighted by molar-refractivity contribution is 6.00. The summed E-state index contributed by atoms with van der Waals surface area (Å²) in [5, 5.41) is 3.09. The number of likely N-dealkylation sites (N-methyl/N-ethyl adjacent to an activating group) is 1. The summed E-state index contributed by atoms with van der Waals surface area (Å²) in [5.41, 5.74) is -0.641. The molecule has 2 amide bonds. The van der Waals surface area contributed by atoms with Gasteiger partial charge < -0.3 is 10.2 Å². The molecule has 3 rings (SSSR count). The van der Waals surface area contributed by atoms with E-state index in [1.807, 2.05) is 18.7 Å². The van der Waals surface area contributed by atoms with Gasteiger partial charge in [-0.2, -0.15) is 0 Å². The van der Waals surface area contributed by atoms with Gasteiger partial charge in [-0.05, 0) is 51.4 Å². The van der Waals surface area contributed by atoms with Crippen LogP contribution in [0.1, 0.15) is 58.8 Å². The SMILES string of the molecule is CCN1C(=O)C(C)(C2CC2)NC(=O)C1C1CCCCC1. The minimum absolute atomic E-state index is 0.0905. The van der Waals surface area contributed by atoms with Crippen molar-refractivity contribution < 1.29 is 9.59 Å². The molecule has 2 saturated carbocycles. The van der Waals surface area contributed by atoms with Gasteiger partial charge in [0.05, 0.1) is 0 Å². The van der Waals surface area contributed by atoms with Gasteiger partial charge in [-0.1, -0.05) is 19.3 Å². The Kier molecular flexibility index (Phi) is 3.51. The molecule has 0 spiro atoms. The minimum Gasteiger partial charge on any atom is -0.340 e.